The van der Waals surface area contributed by atoms with E-state index in [0.29, 0.717) is 12.1 Å². The highest BCUT2D eigenvalue weighted by atomic mass is 16.5. The number of hydrogen-bond donors (Lipinski definition) is 0. The highest BCUT2D eigenvalue weighted by Gasteiger charge is 2.22. The summed E-state index contributed by atoms with van der Waals surface area (Å²) in [5.41, 5.74) is 0. The molecule has 11 heavy (non-hydrogen) atoms. The van der Waals surface area contributed by atoms with Crippen molar-refractivity contribution in [2.24, 2.45) is 5.92 Å². The fourth-order valence-electron chi connectivity index (χ4n) is 1.67. The van der Waals surface area contributed by atoms with E-state index in [4.69, 9.17) is 4.74 Å². The van der Waals surface area contributed by atoms with Crippen molar-refractivity contribution in [1.29, 1.82) is 0 Å². The Balaban J connectivity index is 2.17. The van der Waals surface area contributed by atoms with Crippen LogP contribution in [-0.4, -0.2) is 20.0 Å². The van der Waals surface area contributed by atoms with Crippen LogP contribution in [0.2, 0.25) is 0 Å². The summed E-state index contributed by atoms with van der Waals surface area (Å²) < 4.78 is 5.73. The lowest BCUT2D eigenvalue weighted by molar-refractivity contribution is 0.0710. The summed E-state index contributed by atoms with van der Waals surface area (Å²) >= 11 is 0. The van der Waals surface area contributed by atoms with Crippen molar-refractivity contribution in [2.75, 3.05) is 0 Å². The Morgan fingerprint density at radius 3 is 2.73 bits per heavy atom. The third kappa shape index (κ3) is 2.86. The first-order valence-corrected chi connectivity index (χ1v) is 4.87. The van der Waals surface area contributed by atoms with Gasteiger partial charge in [0.05, 0.1) is 6.10 Å². The topological polar surface area (TPSA) is 9.23 Å². The van der Waals surface area contributed by atoms with Crippen molar-refractivity contribution in [3.63, 3.8) is 0 Å². The molecule has 0 radical (unpaired) electrons. The summed E-state index contributed by atoms with van der Waals surface area (Å²) in [5, 5.41) is 0. The van der Waals surface area contributed by atoms with Crippen LogP contribution in [0.15, 0.2) is 0 Å². The molecule has 0 aromatic heterocycles. The number of ether oxygens (including phenoxy) is 1. The van der Waals surface area contributed by atoms with Gasteiger partial charge in [-0.3, -0.25) is 0 Å². The molecule has 2 heteroatoms. The molecule has 3 atom stereocenters. The lowest BCUT2D eigenvalue weighted by Crippen LogP contribution is -2.13. The highest BCUT2D eigenvalue weighted by Crippen LogP contribution is 2.24. The van der Waals surface area contributed by atoms with Crippen LogP contribution in [-0.2, 0) is 4.74 Å². The third-order valence-corrected chi connectivity index (χ3v) is 2.68. The smallest absolute Gasteiger partial charge is 0.139 e. The Morgan fingerprint density at radius 2 is 2.27 bits per heavy atom. The average Bonchev–Trinajstić information content (AvgIpc) is 2.35. The Bertz CT molecular complexity index is 116. The Morgan fingerprint density at radius 1 is 1.55 bits per heavy atom. The van der Waals surface area contributed by atoms with E-state index in [2.05, 4.69) is 21.7 Å². The third-order valence-electron chi connectivity index (χ3n) is 2.68. The van der Waals surface area contributed by atoms with Gasteiger partial charge in [0, 0.05) is 6.00 Å². The zero-order valence-electron chi connectivity index (χ0n) is 7.97. The Hall–Kier alpha value is 0.0249. The molecule has 0 saturated carbocycles. The molecule has 1 aliphatic heterocycles. The molecule has 0 bridgehead atoms. The normalized spacial score (nSPS) is 34.0. The summed E-state index contributed by atoms with van der Waals surface area (Å²) in [4.78, 5) is 0. The largest absolute Gasteiger partial charge is 0.384 e. The van der Waals surface area contributed by atoms with E-state index in [1.807, 2.05) is 0 Å². The van der Waals surface area contributed by atoms with Crippen LogP contribution >= 0.6 is 0 Å². The molecule has 0 N–H and O–H groups in total. The Labute approximate surface area is 70.9 Å². The van der Waals surface area contributed by atoms with Crippen molar-refractivity contribution in [3.05, 3.63) is 0 Å². The SMILES string of the molecule is B[C@H]1CC[C@@H](CC(C)CC)O1. The second-order valence-electron chi connectivity index (χ2n) is 3.90. The molecule has 0 aromatic carbocycles. The van der Waals surface area contributed by atoms with E-state index in [-0.39, 0.29) is 0 Å². The van der Waals surface area contributed by atoms with Crippen LogP contribution in [0, 0.1) is 5.92 Å². The zero-order chi connectivity index (χ0) is 8.27. The molecule has 0 spiro atoms. The van der Waals surface area contributed by atoms with Gasteiger partial charge in [0.1, 0.15) is 7.85 Å². The van der Waals surface area contributed by atoms with Crippen molar-refractivity contribution >= 4 is 7.85 Å². The lowest BCUT2D eigenvalue weighted by Gasteiger charge is -2.15. The van der Waals surface area contributed by atoms with Gasteiger partial charge in [-0.15, -0.1) is 0 Å². The predicted molar refractivity (Wildman–Crippen MR) is 50.5 cm³/mol. The van der Waals surface area contributed by atoms with Crippen LogP contribution in [0.1, 0.15) is 39.5 Å². The quantitative estimate of drug-likeness (QED) is 0.560. The molecule has 1 fully saturated rings. The number of rotatable bonds is 3. The maximum Gasteiger partial charge on any atom is 0.139 e. The van der Waals surface area contributed by atoms with E-state index >= 15 is 0 Å². The van der Waals surface area contributed by atoms with Crippen molar-refractivity contribution in [1.82, 2.24) is 0 Å². The van der Waals surface area contributed by atoms with Crippen molar-refractivity contribution < 1.29 is 4.74 Å². The zero-order valence-corrected chi connectivity index (χ0v) is 7.97. The summed E-state index contributed by atoms with van der Waals surface area (Å²) in [6.45, 7) is 4.56. The first-order chi connectivity index (χ1) is 5.22. The Kier molecular flexibility index (Phi) is 3.44. The first kappa shape index (κ1) is 9.12. The van der Waals surface area contributed by atoms with Crippen molar-refractivity contribution in [3.8, 4) is 0 Å². The number of hydrogen-bond acceptors (Lipinski definition) is 1. The van der Waals surface area contributed by atoms with Crippen LogP contribution in [0.3, 0.4) is 0 Å². The molecule has 0 aliphatic carbocycles. The maximum absolute atomic E-state index is 5.73. The molecule has 1 aliphatic rings. The molecule has 0 amide bonds. The van der Waals surface area contributed by atoms with Gasteiger partial charge in [0.2, 0.25) is 0 Å². The average molecular weight is 154 g/mol. The van der Waals surface area contributed by atoms with Gasteiger partial charge in [0.15, 0.2) is 0 Å². The van der Waals surface area contributed by atoms with Crippen molar-refractivity contribution in [2.45, 2.75) is 51.6 Å². The summed E-state index contributed by atoms with van der Waals surface area (Å²) in [5.74, 6) is 0.838. The van der Waals surface area contributed by atoms with E-state index in [0.717, 1.165) is 5.92 Å². The van der Waals surface area contributed by atoms with Gasteiger partial charge in [-0.1, -0.05) is 20.3 Å². The molecule has 1 nitrogen and oxygen atoms in total. The molecule has 1 unspecified atom stereocenters. The maximum atomic E-state index is 5.73. The molecule has 0 aromatic rings. The van der Waals surface area contributed by atoms with E-state index in [1.165, 1.54) is 25.7 Å². The van der Waals surface area contributed by atoms with Crippen LogP contribution in [0.5, 0.6) is 0 Å². The highest BCUT2D eigenvalue weighted by molar-refractivity contribution is 6.11. The minimum absolute atomic E-state index is 0.518. The first-order valence-electron chi connectivity index (χ1n) is 4.87. The predicted octanol–water partition coefficient (Wildman–Crippen LogP) is 1.56. The van der Waals surface area contributed by atoms with Gasteiger partial charge in [-0.05, 0) is 25.2 Å². The molecular weight excluding hydrogens is 135 g/mol. The van der Waals surface area contributed by atoms with Crippen LogP contribution < -0.4 is 0 Å². The molecular formula is C9H19BO. The summed E-state index contributed by atoms with van der Waals surface area (Å²) in [7, 11) is 2.18. The molecule has 64 valence electrons. The molecule has 1 rings (SSSR count). The summed E-state index contributed by atoms with van der Waals surface area (Å²) in [6.07, 6.45) is 5.67. The minimum atomic E-state index is 0.518. The second-order valence-corrected chi connectivity index (χ2v) is 3.90. The van der Waals surface area contributed by atoms with E-state index in [9.17, 15) is 0 Å². The lowest BCUT2D eigenvalue weighted by atomic mass is 9.96. The van der Waals surface area contributed by atoms with Gasteiger partial charge < -0.3 is 4.74 Å². The monoisotopic (exact) mass is 154 g/mol. The summed E-state index contributed by atoms with van der Waals surface area (Å²) in [6, 6.07) is 0.518. The standard InChI is InChI=1S/C9H19BO/c1-3-7(2)6-8-4-5-9(10)11-8/h7-9H,3-6,10H2,1-2H3/t7?,8-,9+/m0/s1. The second kappa shape index (κ2) is 4.15. The van der Waals surface area contributed by atoms with E-state index < -0.39 is 0 Å². The van der Waals surface area contributed by atoms with Gasteiger partial charge in [-0.25, -0.2) is 0 Å². The fourth-order valence-corrected chi connectivity index (χ4v) is 1.67. The minimum Gasteiger partial charge on any atom is -0.384 e. The van der Waals surface area contributed by atoms with E-state index in [1.54, 1.807) is 0 Å². The van der Waals surface area contributed by atoms with Gasteiger partial charge in [0.25, 0.3) is 0 Å². The van der Waals surface area contributed by atoms with Crippen LogP contribution in [0.4, 0.5) is 0 Å². The van der Waals surface area contributed by atoms with Gasteiger partial charge >= 0.3 is 0 Å². The van der Waals surface area contributed by atoms with Crippen LogP contribution in [0.25, 0.3) is 0 Å². The van der Waals surface area contributed by atoms with Gasteiger partial charge in [-0.2, -0.15) is 0 Å². The fraction of sp³-hybridized carbons (Fsp3) is 1.00. The molecule has 1 heterocycles. The molecule has 1 saturated heterocycles.